The third-order valence-electron chi connectivity index (χ3n) is 3.76. The summed E-state index contributed by atoms with van der Waals surface area (Å²) in [6.45, 7) is 6.95. The quantitative estimate of drug-likeness (QED) is 0.912. The van der Waals surface area contributed by atoms with Gasteiger partial charge in [-0.1, -0.05) is 12.1 Å². The molecule has 1 saturated heterocycles. The molecule has 1 aliphatic heterocycles. The summed E-state index contributed by atoms with van der Waals surface area (Å²) < 4.78 is 0. The maximum atomic E-state index is 11.2. The Labute approximate surface area is 135 Å². The number of hydrogen-bond donors (Lipinski definition) is 2. The molecule has 4 nitrogen and oxygen atoms in total. The van der Waals surface area contributed by atoms with Gasteiger partial charge in [0.2, 0.25) is 5.91 Å². The van der Waals surface area contributed by atoms with Crippen LogP contribution in [-0.4, -0.2) is 37.0 Å². The van der Waals surface area contributed by atoms with E-state index in [2.05, 4.69) is 33.0 Å². The van der Waals surface area contributed by atoms with Crippen LogP contribution in [0.5, 0.6) is 0 Å². The molecule has 1 fully saturated rings. The number of anilines is 1. The van der Waals surface area contributed by atoms with Crippen LogP contribution in [0, 0.1) is 0 Å². The number of carbonyl (C=O) groups excluding carboxylic acids is 1. The summed E-state index contributed by atoms with van der Waals surface area (Å²) in [6.07, 6.45) is 0. The van der Waals surface area contributed by atoms with Crippen molar-refractivity contribution in [1.29, 1.82) is 0 Å². The van der Waals surface area contributed by atoms with Crippen LogP contribution in [-0.2, 0) is 11.3 Å². The molecule has 116 valence electrons. The number of piperazine rings is 1. The zero-order chi connectivity index (χ0) is 15.4. The maximum Gasteiger partial charge on any atom is 0.221 e. The van der Waals surface area contributed by atoms with E-state index in [1.165, 1.54) is 17.4 Å². The SMILES string of the molecule is CC(=O)Nc1cccc(-c2csc(CN3CCNCC3)c2)c1. The molecule has 5 heteroatoms. The number of hydrogen-bond acceptors (Lipinski definition) is 4. The van der Waals surface area contributed by atoms with Crippen LogP contribution < -0.4 is 10.6 Å². The van der Waals surface area contributed by atoms with Crippen molar-refractivity contribution in [2.24, 2.45) is 0 Å². The second-order valence-corrected chi connectivity index (χ2v) is 6.59. The smallest absolute Gasteiger partial charge is 0.221 e. The lowest BCUT2D eigenvalue weighted by molar-refractivity contribution is -0.114. The predicted octanol–water partition coefficient (Wildman–Crippen LogP) is 2.78. The fraction of sp³-hybridized carbons (Fsp3) is 0.353. The molecular weight excluding hydrogens is 294 g/mol. The van der Waals surface area contributed by atoms with Gasteiger partial charge in [-0.25, -0.2) is 0 Å². The summed E-state index contributed by atoms with van der Waals surface area (Å²) in [5, 5.41) is 8.42. The Morgan fingerprint density at radius 3 is 2.86 bits per heavy atom. The molecule has 2 aromatic rings. The highest BCUT2D eigenvalue weighted by atomic mass is 32.1. The van der Waals surface area contributed by atoms with Crippen molar-refractivity contribution in [2.75, 3.05) is 31.5 Å². The van der Waals surface area contributed by atoms with Crippen molar-refractivity contribution in [2.45, 2.75) is 13.5 Å². The Balaban J connectivity index is 1.71. The van der Waals surface area contributed by atoms with Crippen LogP contribution in [0.15, 0.2) is 35.7 Å². The molecular formula is C17H21N3OS. The number of nitrogens with zero attached hydrogens (tertiary/aromatic N) is 1. The van der Waals surface area contributed by atoms with E-state index in [-0.39, 0.29) is 5.91 Å². The highest BCUT2D eigenvalue weighted by Crippen LogP contribution is 2.28. The van der Waals surface area contributed by atoms with Gasteiger partial charge in [0, 0.05) is 50.2 Å². The lowest BCUT2D eigenvalue weighted by Crippen LogP contribution is -2.42. The van der Waals surface area contributed by atoms with Gasteiger partial charge < -0.3 is 10.6 Å². The summed E-state index contributed by atoms with van der Waals surface area (Å²) >= 11 is 1.81. The third kappa shape index (κ3) is 3.94. The van der Waals surface area contributed by atoms with Crippen LogP contribution in [0.3, 0.4) is 0 Å². The zero-order valence-corrected chi connectivity index (χ0v) is 13.6. The summed E-state index contributed by atoms with van der Waals surface area (Å²) in [5.74, 6) is -0.0399. The van der Waals surface area contributed by atoms with Crippen LogP contribution in [0.25, 0.3) is 11.1 Å². The minimum atomic E-state index is -0.0399. The number of benzene rings is 1. The molecule has 0 aliphatic carbocycles. The van der Waals surface area contributed by atoms with E-state index in [1.807, 2.05) is 29.5 Å². The van der Waals surface area contributed by atoms with Crippen molar-refractivity contribution >= 4 is 22.9 Å². The fourth-order valence-electron chi connectivity index (χ4n) is 2.68. The van der Waals surface area contributed by atoms with Crippen LogP contribution >= 0.6 is 11.3 Å². The van der Waals surface area contributed by atoms with Crippen molar-refractivity contribution in [3.8, 4) is 11.1 Å². The molecule has 0 atom stereocenters. The zero-order valence-electron chi connectivity index (χ0n) is 12.8. The van der Waals surface area contributed by atoms with E-state index < -0.39 is 0 Å². The molecule has 1 aliphatic rings. The number of nitrogens with one attached hydrogen (secondary N) is 2. The summed E-state index contributed by atoms with van der Waals surface area (Å²) in [6, 6.07) is 10.3. The number of thiophene rings is 1. The van der Waals surface area contributed by atoms with Crippen molar-refractivity contribution in [3.05, 3.63) is 40.6 Å². The first-order valence-corrected chi connectivity index (χ1v) is 8.47. The lowest BCUT2D eigenvalue weighted by atomic mass is 10.1. The molecule has 0 spiro atoms. The van der Waals surface area contributed by atoms with Gasteiger partial charge in [0.1, 0.15) is 0 Å². The van der Waals surface area contributed by atoms with E-state index in [9.17, 15) is 4.79 Å². The van der Waals surface area contributed by atoms with E-state index in [0.29, 0.717) is 0 Å². The highest BCUT2D eigenvalue weighted by molar-refractivity contribution is 7.10. The van der Waals surface area contributed by atoms with E-state index >= 15 is 0 Å². The molecule has 1 aromatic carbocycles. The molecule has 2 heterocycles. The number of carbonyl (C=O) groups is 1. The second kappa shape index (κ2) is 7.05. The van der Waals surface area contributed by atoms with Gasteiger partial charge in [-0.15, -0.1) is 11.3 Å². The molecule has 2 N–H and O–H groups in total. The molecule has 3 rings (SSSR count). The van der Waals surface area contributed by atoms with Crippen molar-refractivity contribution in [3.63, 3.8) is 0 Å². The Hall–Kier alpha value is -1.69. The monoisotopic (exact) mass is 315 g/mol. The van der Waals surface area contributed by atoms with Gasteiger partial charge in [0.15, 0.2) is 0 Å². The molecule has 0 radical (unpaired) electrons. The molecule has 1 amide bonds. The second-order valence-electron chi connectivity index (χ2n) is 5.59. The lowest BCUT2D eigenvalue weighted by Gasteiger charge is -2.26. The normalized spacial score (nSPS) is 15.7. The Bertz CT molecular complexity index is 647. The van der Waals surface area contributed by atoms with Gasteiger partial charge in [-0.05, 0) is 34.7 Å². The standard InChI is InChI=1S/C17H21N3OS/c1-13(21)19-16-4-2-3-14(9-16)15-10-17(22-12-15)11-20-7-5-18-6-8-20/h2-4,9-10,12,18H,5-8,11H2,1H3,(H,19,21). The largest absolute Gasteiger partial charge is 0.326 e. The van der Waals surface area contributed by atoms with Gasteiger partial charge in [-0.3, -0.25) is 9.69 Å². The summed E-state index contributed by atoms with van der Waals surface area (Å²) in [5.41, 5.74) is 3.22. The molecule has 0 bridgehead atoms. The topological polar surface area (TPSA) is 44.4 Å². The van der Waals surface area contributed by atoms with E-state index in [1.54, 1.807) is 0 Å². The van der Waals surface area contributed by atoms with Crippen LogP contribution in [0.4, 0.5) is 5.69 Å². The summed E-state index contributed by atoms with van der Waals surface area (Å²) in [4.78, 5) is 15.0. The Kier molecular flexibility index (Phi) is 4.87. The molecule has 22 heavy (non-hydrogen) atoms. The molecule has 0 unspecified atom stereocenters. The number of rotatable bonds is 4. The highest BCUT2D eigenvalue weighted by Gasteiger charge is 2.11. The van der Waals surface area contributed by atoms with Gasteiger partial charge >= 0.3 is 0 Å². The molecule has 1 aromatic heterocycles. The fourth-order valence-corrected chi connectivity index (χ4v) is 3.62. The first kappa shape index (κ1) is 15.2. The average Bonchev–Trinajstić information content (AvgIpc) is 2.96. The van der Waals surface area contributed by atoms with Crippen LogP contribution in [0.2, 0.25) is 0 Å². The average molecular weight is 315 g/mol. The Morgan fingerprint density at radius 1 is 1.27 bits per heavy atom. The Morgan fingerprint density at radius 2 is 2.09 bits per heavy atom. The first-order valence-electron chi connectivity index (χ1n) is 7.59. The summed E-state index contributed by atoms with van der Waals surface area (Å²) in [7, 11) is 0. The van der Waals surface area contributed by atoms with Gasteiger partial charge in [-0.2, -0.15) is 0 Å². The van der Waals surface area contributed by atoms with Gasteiger partial charge in [0.25, 0.3) is 0 Å². The molecule has 0 saturated carbocycles. The van der Waals surface area contributed by atoms with Crippen LogP contribution in [0.1, 0.15) is 11.8 Å². The maximum absolute atomic E-state index is 11.2. The predicted molar refractivity (Wildman–Crippen MR) is 92.2 cm³/mol. The minimum Gasteiger partial charge on any atom is -0.326 e. The van der Waals surface area contributed by atoms with E-state index in [4.69, 9.17) is 0 Å². The number of amides is 1. The van der Waals surface area contributed by atoms with E-state index in [0.717, 1.165) is 44.0 Å². The first-order chi connectivity index (χ1) is 10.7. The van der Waals surface area contributed by atoms with Crippen molar-refractivity contribution < 1.29 is 4.79 Å². The van der Waals surface area contributed by atoms with Crippen molar-refractivity contribution in [1.82, 2.24) is 10.2 Å². The third-order valence-corrected chi connectivity index (χ3v) is 4.68. The minimum absolute atomic E-state index is 0.0399. The van der Waals surface area contributed by atoms with Gasteiger partial charge in [0.05, 0.1) is 0 Å².